The lowest BCUT2D eigenvalue weighted by molar-refractivity contribution is -0.137. The van der Waals surface area contributed by atoms with Crippen LogP contribution < -0.4 is 10.1 Å². The van der Waals surface area contributed by atoms with Crippen LogP contribution in [0.25, 0.3) is 16.8 Å². The molecule has 0 bridgehead atoms. The molecule has 0 unspecified atom stereocenters. The second-order valence-corrected chi connectivity index (χ2v) is 7.51. The summed E-state index contributed by atoms with van der Waals surface area (Å²) in [6.07, 6.45) is -3.12. The highest BCUT2D eigenvalue weighted by Crippen LogP contribution is 2.32. The molecule has 0 atom stereocenters. The van der Waals surface area contributed by atoms with Crippen LogP contribution in [0.5, 0.6) is 5.75 Å². The molecule has 176 valence electrons. The van der Waals surface area contributed by atoms with Crippen molar-refractivity contribution in [3.05, 3.63) is 77.2 Å². The molecule has 0 saturated heterocycles. The van der Waals surface area contributed by atoms with Gasteiger partial charge in [-0.15, -0.1) is 0 Å². The Morgan fingerprint density at radius 1 is 1.12 bits per heavy atom. The summed E-state index contributed by atoms with van der Waals surface area (Å²) < 4.78 is 51.1. The quantitative estimate of drug-likeness (QED) is 0.423. The molecule has 1 N–H and O–H groups in total. The summed E-state index contributed by atoms with van der Waals surface area (Å²) in [4.78, 5) is 17.3. The van der Waals surface area contributed by atoms with E-state index in [1.165, 1.54) is 22.8 Å². The predicted octanol–water partition coefficient (Wildman–Crippen LogP) is 5.13. The summed E-state index contributed by atoms with van der Waals surface area (Å²) >= 11 is 0. The number of hydrogen-bond acceptors (Lipinski definition) is 5. The zero-order valence-corrected chi connectivity index (χ0v) is 18.6. The molecular formula is C24H21F3N4O3. The number of rotatable bonds is 6. The fourth-order valence-corrected chi connectivity index (χ4v) is 3.63. The predicted molar refractivity (Wildman–Crippen MR) is 120 cm³/mol. The molecule has 2 aromatic heterocycles. The van der Waals surface area contributed by atoms with Crippen molar-refractivity contribution in [2.24, 2.45) is 0 Å². The van der Waals surface area contributed by atoms with Crippen molar-refractivity contribution >= 4 is 17.2 Å². The number of aryl methyl sites for hydroxylation is 1. The SMILES string of the molecule is COCc1nn2c(C)c(C(=O)Nc3cccc(C(F)(F)F)c3)cnc2c1-c1ccc(OC)cc1. The lowest BCUT2D eigenvalue weighted by Gasteiger charge is -2.11. The van der Waals surface area contributed by atoms with Crippen LogP contribution in [0.15, 0.2) is 54.7 Å². The Hall–Kier alpha value is -3.92. The molecule has 0 spiro atoms. The first-order chi connectivity index (χ1) is 16.2. The summed E-state index contributed by atoms with van der Waals surface area (Å²) in [7, 11) is 3.13. The largest absolute Gasteiger partial charge is 0.497 e. The number of carbonyl (C=O) groups is 1. The van der Waals surface area contributed by atoms with Gasteiger partial charge < -0.3 is 14.8 Å². The van der Waals surface area contributed by atoms with Crippen molar-refractivity contribution in [2.45, 2.75) is 19.7 Å². The number of anilines is 1. The molecule has 34 heavy (non-hydrogen) atoms. The van der Waals surface area contributed by atoms with Gasteiger partial charge in [-0.1, -0.05) is 18.2 Å². The van der Waals surface area contributed by atoms with Gasteiger partial charge in [0.25, 0.3) is 5.91 Å². The third-order valence-corrected chi connectivity index (χ3v) is 5.31. The second kappa shape index (κ2) is 9.14. The lowest BCUT2D eigenvalue weighted by atomic mass is 10.1. The fraction of sp³-hybridized carbons (Fsp3) is 0.208. The monoisotopic (exact) mass is 470 g/mol. The number of hydrogen-bond donors (Lipinski definition) is 1. The van der Waals surface area contributed by atoms with Crippen molar-refractivity contribution in [3.8, 4) is 16.9 Å². The molecule has 0 aliphatic carbocycles. The third-order valence-electron chi connectivity index (χ3n) is 5.31. The Morgan fingerprint density at radius 2 is 1.85 bits per heavy atom. The highest BCUT2D eigenvalue weighted by molar-refractivity contribution is 6.05. The maximum absolute atomic E-state index is 13.0. The van der Waals surface area contributed by atoms with Gasteiger partial charge in [0.05, 0.1) is 41.8 Å². The number of amides is 1. The Kier molecular flexibility index (Phi) is 6.25. The molecule has 0 radical (unpaired) electrons. The normalized spacial score (nSPS) is 11.6. The zero-order chi connectivity index (χ0) is 24.5. The zero-order valence-electron chi connectivity index (χ0n) is 18.6. The van der Waals surface area contributed by atoms with Gasteiger partial charge in [0, 0.05) is 19.0 Å². The maximum Gasteiger partial charge on any atom is 0.416 e. The molecule has 4 rings (SSSR count). The van der Waals surface area contributed by atoms with Crippen LogP contribution in [0.3, 0.4) is 0 Å². The molecule has 10 heteroatoms. The number of nitrogens with one attached hydrogen (secondary N) is 1. The van der Waals surface area contributed by atoms with Crippen molar-refractivity contribution in [3.63, 3.8) is 0 Å². The first-order valence-electron chi connectivity index (χ1n) is 10.2. The Balaban J connectivity index is 1.73. The van der Waals surface area contributed by atoms with E-state index in [0.29, 0.717) is 22.8 Å². The van der Waals surface area contributed by atoms with E-state index in [-0.39, 0.29) is 17.9 Å². The van der Waals surface area contributed by atoms with E-state index < -0.39 is 17.6 Å². The van der Waals surface area contributed by atoms with Crippen LogP contribution in [0.2, 0.25) is 0 Å². The molecular weight excluding hydrogens is 449 g/mol. The number of halogens is 3. The van der Waals surface area contributed by atoms with Gasteiger partial charge in [0.15, 0.2) is 5.65 Å². The molecule has 0 saturated carbocycles. The van der Waals surface area contributed by atoms with Crippen molar-refractivity contribution < 1.29 is 27.4 Å². The average Bonchev–Trinajstić information content (AvgIpc) is 3.18. The molecule has 2 heterocycles. The average molecular weight is 470 g/mol. The molecule has 4 aromatic rings. The van der Waals surface area contributed by atoms with Crippen molar-refractivity contribution in [1.82, 2.24) is 14.6 Å². The van der Waals surface area contributed by atoms with E-state index >= 15 is 0 Å². The summed E-state index contributed by atoms with van der Waals surface area (Å²) in [5, 5.41) is 7.10. The molecule has 0 aliphatic rings. The number of ether oxygens (including phenoxy) is 2. The molecule has 7 nitrogen and oxygen atoms in total. The number of alkyl halides is 3. The second-order valence-electron chi connectivity index (χ2n) is 7.51. The summed E-state index contributed by atoms with van der Waals surface area (Å²) in [5.74, 6) is 0.104. The van der Waals surface area contributed by atoms with Gasteiger partial charge in [-0.3, -0.25) is 4.79 Å². The number of aromatic nitrogens is 3. The van der Waals surface area contributed by atoms with Crippen LogP contribution in [-0.2, 0) is 17.5 Å². The minimum Gasteiger partial charge on any atom is -0.497 e. The Morgan fingerprint density at radius 3 is 2.50 bits per heavy atom. The molecule has 0 aliphatic heterocycles. The number of fused-ring (bicyclic) bond motifs is 1. The van der Waals surface area contributed by atoms with Gasteiger partial charge in [-0.05, 0) is 42.8 Å². The van der Waals surface area contributed by atoms with Crippen LogP contribution in [0.4, 0.5) is 18.9 Å². The Labute approximate surface area is 193 Å². The van der Waals surface area contributed by atoms with Gasteiger partial charge in [-0.2, -0.15) is 18.3 Å². The fourth-order valence-electron chi connectivity index (χ4n) is 3.63. The van der Waals surface area contributed by atoms with Gasteiger partial charge in [-0.25, -0.2) is 9.50 Å². The number of benzene rings is 2. The number of carbonyl (C=O) groups excluding carboxylic acids is 1. The topological polar surface area (TPSA) is 77.8 Å². The van der Waals surface area contributed by atoms with E-state index in [1.54, 1.807) is 21.1 Å². The van der Waals surface area contributed by atoms with E-state index in [0.717, 1.165) is 23.3 Å². The van der Waals surface area contributed by atoms with Gasteiger partial charge >= 0.3 is 6.18 Å². The first-order valence-corrected chi connectivity index (χ1v) is 10.2. The maximum atomic E-state index is 13.0. The summed E-state index contributed by atoms with van der Waals surface area (Å²) in [6.45, 7) is 1.91. The van der Waals surface area contributed by atoms with Crippen molar-refractivity contribution in [2.75, 3.05) is 19.5 Å². The standard InChI is InChI=1S/C24H21F3N4O3/c1-14-19(23(32)29-17-6-4-5-16(11-17)24(25,26)27)12-28-22-21(20(13-33-2)30-31(14)22)15-7-9-18(34-3)10-8-15/h4-12H,13H2,1-3H3,(H,29,32). The van der Waals surface area contributed by atoms with E-state index in [4.69, 9.17) is 9.47 Å². The van der Waals surface area contributed by atoms with Crippen LogP contribution in [0.1, 0.15) is 27.3 Å². The van der Waals surface area contributed by atoms with Crippen molar-refractivity contribution in [1.29, 1.82) is 0 Å². The van der Waals surface area contributed by atoms with Gasteiger partial charge in [0.1, 0.15) is 5.75 Å². The minimum absolute atomic E-state index is 0.0266. The first kappa shape index (κ1) is 23.2. The van der Waals surface area contributed by atoms with Crippen LogP contribution >= 0.6 is 0 Å². The third kappa shape index (κ3) is 4.44. The number of methoxy groups -OCH3 is 2. The lowest BCUT2D eigenvalue weighted by Crippen LogP contribution is -2.16. The van der Waals surface area contributed by atoms with E-state index in [1.807, 2.05) is 24.3 Å². The van der Waals surface area contributed by atoms with E-state index in [2.05, 4.69) is 15.4 Å². The molecule has 0 fully saturated rings. The van der Waals surface area contributed by atoms with E-state index in [9.17, 15) is 18.0 Å². The number of nitrogens with zero attached hydrogens (tertiary/aromatic N) is 3. The highest BCUT2D eigenvalue weighted by atomic mass is 19.4. The molecule has 1 amide bonds. The highest BCUT2D eigenvalue weighted by Gasteiger charge is 2.30. The Bertz CT molecular complexity index is 1350. The van der Waals surface area contributed by atoms with Crippen LogP contribution in [-0.4, -0.2) is 34.7 Å². The summed E-state index contributed by atoms with van der Waals surface area (Å²) in [5.41, 5.74) is 2.57. The smallest absolute Gasteiger partial charge is 0.416 e. The summed E-state index contributed by atoms with van der Waals surface area (Å²) in [6, 6.07) is 11.8. The molecule has 2 aromatic carbocycles. The minimum atomic E-state index is -4.51. The van der Waals surface area contributed by atoms with Gasteiger partial charge in [0.2, 0.25) is 0 Å². The van der Waals surface area contributed by atoms with Crippen LogP contribution in [0, 0.1) is 6.92 Å².